The van der Waals surface area contributed by atoms with Crippen molar-refractivity contribution in [3.8, 4) is 5.75 Å². The molecule has 0 aliphatic carbocycles. The first-order chi connectivity index (χ1) is 11.4. The van der Waals surface area contributed by atoms with E-state index in [1.807, 2.05) is 46.4 Å². The number of halogens is 4. The predicted octanol–water partition coefficient (Wildman–Crippen LogP) is 5.04. The molecule has 2 rings (SSSR count). The van der Waals surface area contributed by atoms with Crippen LogP contribution in [0.15, 0.2) is 12.1 Å². The van der Waals surface area contributed by atoms with Crippen molar-refractivity contribution in [2.75, 3.05) is 26.2 Å². The molecule has 1 aromatic rings. The third-order valence-corrected chi connectivity index (χ3v) is 4.87. The van der Waals surface area contributed by atoms with E-state index in [9.17, 15) is 13.9 Å². The zero-order valence-electron chi connectivity index (χ0n) is 17.1. The molecule has 3 nitrogen and oxygen atoms in total. The lowest BCUT2D eigenvalue weighted by Gasteiger charge is -2.36. The zero-order chi connectivity index (χ0) is 19.0. The van der Waals surface area contributed by atoms with Crippen LogP contribution in [0.25, 0.3) is 0 Å². The highest BCUT2D eigenvalue weighted by molar-refractivity contribution is 5.85. The Kier molecular flexibility index (Phi) is 9.50. The molecule has 0 aromatic heterocycles. The van der Waals surface area contributed by atoms with Gasteiger partial charge >= 0.3 is 0 Å². The number of aromatic hydroxyl groups is 1. The fourth-order valence-electron chi connectivity index (χ4n) is 3.45. The van der Waals surface area contributed by atoms with Crippen LogP contribution in [0.5, 0.6) is 5.75 Å². The average molecular weight is 427 g/mol. The van der Waals surface area contributed by atoms with Crippen molar-refractivity contribution in [3.63, 3.8) is 0 Å². The second-order valence-corrected chi connectivity index (χ2v) is 9.03. The standard InChI is InChI=1S/C20H32F2N2O.2ClH/c1-19(2,3)14-11-13(12-15(17(14)25)20(4,5)6)16(18(21)22)24-9-7-23-8-10-24;;/h11-12,16,18,23,25H,7-10H2,1-6H3;2*1H/t16-;;/m1../s1. The molecule has 158 valence electrons. The summed E-state index contributed by atoms with van der Waals surface area (Å²) in [6.07, 6.45) is -2.47. The van der Waals surface area contributed by atoms with E-state index in [0.29, 0.717) is 18.7 Å². The van der Waals surface area contributed by atoms with E-state index < -0.39 is 12.5 Å². The summed E-state index contributed by atoms with van der Waals surface area (Å²) in [5, 5.41) is 14.0. The Morgan fingerprint density at radius 3 is 1.67 bits per heavy atom. The van der Waals surface area contributed by atoms with Gasteiger partial charge in [-0.1, -0.05) is 41.5 Å². The fourth-order valence-corrected chi connectivity index (χ4v) is 3.45. The van der Waals surface area contributed by atoms with Crippen molar-refractivity contribution in [3.05, 3.63) is 28.8 Å². The second kappa shape index (κ2) is 9.73. The first-order valence-corrected chi connectivity index (χ1v) is 9.03. The summed E-state index contributed by atoms with van der Waals surface area (Å²) in [6.45, 7) is 14.7. The fraction of sp³-hybridized carbons (Fsp3) is 0.700. The van der Waals surface area contributed by atoms with Crippen molar-refractivity contribution in [2.24, 2.45) is 0 Å². The molecule has 0 saturated carbocycles. The molecule has 2 N–H and O–H groups in total. The SMILES string of the molecule is CC(C)(C)c1cc([C@H](C(F)F)N2CCNCC2)cc(C(C)(C)C)c1O.Cl.Cl. The number of hydrogen-bond acceptors (Lipinski definition) is 3. The van der Waals surface area contributed by atoms with E-state index in [2.05, 4.69) is 5.32 Å². The van der Waals surface area contributed by atoms with Crippen LogP contribution in [0.1, 0.15) is 64.3 Å². The van der Waals surface area contributed by atoms with Gasteiger partial charge in [-0.15, -0.1) is 24.8 Å². The van der Waals surface area contributed by atoms with Gasteiger partial charge in [-0.25, -0.2) is 8.78 Å². The number of piperazine rings is 1. The van der Waals surface area contributed by atoms with Gasteiger partial charge in [0, 0.05) is 26.2 Å². The monoisotopic (exact) mass is 426 g/mol. The van der Waals surface area contributed by atoms with Crippen LogP contribution in [0.4, 0.5) is 8.78 Å². The van der Waals surface area contributed by atoms with Crippen LogP contribution in [-0.2, 0) is 10.8 Å². The minimum Gasteiger partial charge on any atom is -0.507 e. The van der Waals surface area contributed by atoms with Crippen molar-refractivity contribution < 1.29 is 13.9 Å². The Morgan fingerprint density at radius 2 is 1.33 bits per heavy atom. The first-order valence-electron chi connectivity index (χ1n) is 9.03. The molecule has 27 heavy (non-hydrogen) atoms. The van der Waals surface area contributed by atoms with Gasteiger partial charge in [0.05, 0.1) is 6.04 Å². The molecule has 0 spiro atoms. The minimum absolute atomic E-state index is 0. The van der Waals surface area contributed by atoms with Crippen molar-refractivity contribution in [1.82, 2.24) is 10.2 Å². The lowest BCUT2D eigenvalue weighted by Crippen LogP contribution is -2.47. The molecule has 1 saturated heterocycles. The molecule has 1 aliphatic rings. The van der Waals surface area contributed by atoms with Crippen LogP contribution in [-0.4, -0.2) is 42.6 Å². The number of benzene rings is 1. The normalized spacial score (nSPS) is 17.2. The summed E-state index contributed by atoms with van der Waals surface area (Å²) in [5.74, 6) is 0.233. The number of nitrogens with one attached hydrogen (secondary N) is 1. The topological polar surface area (TPSA) is 35.5 Å². The third kappa shape index (κ3) is 6.18. The zero-order valence-corrected chi connectivity index (χ0v) is 18.7. The van der Waals surface area contributed by atoms with Crippen LogP contribution < -0.4 is 5.32 Å². The number of hydrogen-bond donors (Lipinski definition) is 2. The molecule has 7 heteroatoms. The van der Waals surface area contributed by atoms with Crippen LogP contribution >= 0.6 is 24.8 Å². The second-order valence-electron chi connectivity index (χ2n) is 9.03. The lowest BCUT2D eigenvalue weighted by atomic mass is 9.77. The number of alkyl halides is 2. The van der Waals surface area contributed by atoms with E-state index in [1.165, 1.54) is 0 Å². The average Bonchev–Trinajstić information content (AvgIpc) is 2.47. The molecular formula is C20H34Cl2F2N2O. The smallest absolute Gasteiger partial charge is 0.258 e. The molecule has 0 amide bonds. The summed E-state index contributed by atoms with van der Waals surface area (Å²) in [4.78, 5) is 1.85. The van der Waals surface area contributed by atoms with Gasteiger partial charge in [0.2, 0.25) is 0 Å². The maximum Gasteiger partial charge on any atom is 0.258 e. The van der Waals surface area contributed by atoms with Gasteiger partial charge < -0.3 is 10.4 Å². The minimum atomic E-state index is -2.47. The number of phenolic OH excluding ortho intramolecular Hbond substituents is 1. The molecule has 1 atom stereocenters. The molecule has 0 radical (unpaired) electrons. The Bertz CT molecular complexity index is 572. The molecule has 0 bridgehead atoms. The number of nitrogens with zero attached hydrogens (tertiary/aromatic N) is 1. The van der Waals surface area contributed by atoms with Gasteiger partial charge in [-0.3, -0.25) is 4.90 Å². The Balaban J connectivity index is 0.00000338. The van der Waals surface area contributed by atoms with Gasteiger partial charge in [-0.2, -0.15) is 0 Å². The highest BCUT2D eigenvalue weighted by Gasteiger charge is 2.34. The predicted molar refractivity (Wildman–Crippen MR) is 113 cm³/mol. The van der Waals surface area contributed by atoms with Crippen molar-refractivity contribution in [2.45, 2.75) is 64.8 Å². The molecule has 1 fully saturated rings. The molecule has 1 aliphatic heterocycles. The van der Waals surface area contributed by atoms with Gasteiger partial charge in [0.1, 0.15) is 5.75 Å². The maximum absolute atomic E-state index is 14.0. The summed E-state index contributed by atoms with van der Waals surface area (Å²) in [6, 6.07) is 2.62. The van der Waals surface area contributed by atoms with E-state index in [1.54, 1.807) is 12.1 Å². The molecule has 1 heterocycles. The lowest BCUT2D eigenvalue weighted by molar-refractivity contribution is 0.0180. The Labute approximate surface area is 174 Å². The molecular weight excluding hydrogens is 393 g/mol. The van der Waals surface area contributed by atoms with Gasteiger partial charge in [0.15, 0.2) is 0 Å². The Morgan fingerprint density at radius 1 is 0.926 bits per heavy atom. The number of phenols is 1. The molecule has 0 unspecified atom stereocenters. The summed E-state index contributed by atoms with van der Waals surface area (Å²) in [7, 11) is 0. The summed E-state index contributed by atoms with van der Waals surface area (Å²) < 4.78 is 28.0. The maximum atomic E-state index is 14.0. The van der Waals surface area contributed by atoms with E-state index in [4.69, 9.17) is 0 Å². The summed E-state index contributed by atoms with van der Waals surface area (Å²) in [5.41, 5.74) is 1.42. The first kappa shape index (κ1) is 26.4. The highest BCUT2D eigenvalue weighted by Crippen LogP contribution is 2.42. The summed E-state index contributed by atoms with van der Waals surface area (Å²) >= 11 is 0. The van der Waals surface area contributed by atoms with Gasteiger partial charge in [0.25, 0.3) is 6.43 Å². The van der Waals surface area contributed by atoms with Crippen LogP contribution in [0.2, 0.25) is 0 Å². The third-order valence-electron chi connectivity index (χ3n) is 4.87. The van der Waals surface area contributed by atoms with Crippen molar-refractivity contribution in [1.29, 1.82) is 0 Å². The quantitative estimate of drug-likeness (QED) is 0.709. The molecule has 1 aromatic carbocycles. The van der Waals surface area contributed by atoms with E-state index >= 15 is 0 Å². The van der Waals surface area contributed by atoms with E-state index in [0.717, 1.165) is 24.2 Å². The van der Waals surface area contributed by atoms with Crippen molar-refractivity contribution >= 4 is 24.8 Å². The van der Waals surface area contributed by atoms with E-state index in [-0.39, 0.29) is 41.4 Å². The number of rotatable bonds is 3. The van der Waals surface area contributed by atoms with Crippen LogP contribution in [0, 0.1) is 0 Å². The van der Waals surface area contributed by atoms with Gasteiger partial charge in [-0.05, 0) is 39.7 Å². The highest BCUT2D eigenvalue weighted by atomic mass is 35.5. The van der Waals surface area contributed by atoms with Crippen LogP contribution in [0.3, 0.4) is 0 Å². The largest absolute Gasteiger partial charge is 0.507 e. The Hall–Kier alpha value is -0.620.